The molecule has 2 aliphatic carbocycles. The van der Waals surface area contributed by atoms with Crippen LogP contribution in [0.5, 0.6) is 0 Å². The number of nitrogens with one attached hydrogen (secondary N) is 2. The van der Waals surface area contributed by atoms with Crippen molar-refractivity contribution in [1.82, 2.24) is 35.2 Å². The van der Waals surface area contributed by atoms with Crippen molar-refractivity contribution in [3.8, 4) is 23.0 Å². The number of carbonyl (C=O) groups excluding carboxylic acids is 2. The molecule has 72 heavy (non-hydrogen) atoms. The number of aromatic nitrogens is 5. The first-order valence-corrected chi connectivity index (χ1v) is 24.3. The molecule has 29 heteroatoms. The SMILES string of the molecule is CC(C)(C#Cc1ccc(-c2ccc(Cl)c3c(N(CC(=O)NC(CO)CO)S(=O)[O-])nn(CC(F)(F)F)c23)c(C(Cc2cc(F)cc(F)c2)NC(=O)Cn2nc(C(F)(F)F)c3c2C(F)(F)[C@@H]2C[C@H]32)n1)S(C)(=O)=O. The Hall–Kier alpha value is -5.86. The fraction of sp³-hybridized carbons (Fsp3) is 0.419. The van der Waals surface area contributed by atoms with Crippen LogP contribution >= 0.6 is 11.6 Å². The first kappa shape index (κ1) is 53.9. The lowest BCUT2D eigenvalue weighted by Gasteiger charge is -2.25. The van der Waals surface area contributed by atoms with Crippen molar-refractivity contribution < 1.29 is 80.9 Å². The highest BCUT2D eigenvalue weighted by Crippen LogP contribution is 2.68. The number of hydrogen-bond donors (Lipinski definition) is 4. The molecule has 1 saturated carbocycles. The summed E-state index contributed by atoms with van der Waals surface area (Å²) in [5, 5.41) is 29.7. The molecule has 2 aromatic carbocycles. The summed E-state index contributed by atoms with van der Waals surface area (Å²) in [5.41, 5.74) is -5.93. The summed E-state index contributed by atoms with van der Waals surface area (Å²) >= 11 is 3.06. The molecule has 2 aliphatic rings. The largest absolute Gasteiger partial charge is 0.755 e. The van der Waals surface area contributed by atoms with Gasteiger partial charge in [-0.2, -0.15) is 45.3 Å². The minimum atomic E-state index is -5.23. The minimum Gasteiger partial charge on any atom is -0.755 e. The van der Waals surface area contributed by atoms with Crippen molar-refractivity contribution in [1.29, 1.82) is 0 Å². The smallest absolute Gasteiger partial charge is 0.435 e. The maximum Gasteiger partial charge on any atom is 0.435 e. The molecule has 4 N–H and O–H groups in total. The number of aliphatic hydroxyl groups is 2. The molecule has 388 valence electrons. The van der Waals surface area contributed by atoms with Gasteiger partial charge in [0.2, 0.25) is 11.8 Å². The normalized spacial score (nSPS) is 17.2. The molecule has 0 bridgehead atoms. The number of sulfone groups is 1. The quantitative estimate of drug-likeness (QED) is 0.0559. The van der Waals surface area contributed by atoms with Crippen LogP contribution in [-0.4, -0.2) is 107 Å². The molecule has 16 nitrogen and oxygen atoms in total. The van der Waals surface area contributed by atoms with E-state index < -0.39 is 175 Å². The Morgan fingerprint density at radius 3 is 2.21 bits per heavy atom. The van der Waals surface area contributed by atoms with E-state index in [1.807, 2.05) is 0 Å². The fourth-order valence-electron chi connectivity index (χ4n) is 8.18. The Balaban J connectivity index is 1.46. The Labute approximate surface area is 409 Å². The Kier molecular flexibility index (Phi) is 14.6. The molecular formula is C43H38ClF10N8O8S2-. The van der Waals surface area contributed by atoms with E-state index in [-0.39, 0.29) is 42.5 Å². The number of nitrogens with zero attached hydrogens (tertiary/aromatic N) is 6. The van der Waals surface area contributed by atoms with Crippen molar-refractivity contribution in [3.05, 3.63) is 93.0 Å². The molecule has 2 unspecified atom stereocenters. The van der Waals surface area contributed by atoms with Gasteiger partial charge in [-0.3, -0.25) is 27.5 Å². The molecule has 0 aliphatic heterocycles. The van der Waals surface area contributed by atoms with Gasteiger partial charge in [0, 0.05) is 46.2 Å². The lowest BCUT2D eigenvalue weighted by Crippen LogP contribution is -2.45. The number of pyridine rings is 1. The van der Waals surface area contributed by atoms with Crippen molar-refractivity contribution in [2.45, 2.75) is 80.8 Å². The zero-order valence-corrected chi connectivity index (χ0v) is 39.7. The van der Waals surface area contributed by atoms with Crippen LogP contribution in [0.2, 0.25) is 5.02 Å². The third kappa shape index (κ3) is 11.0. The predicted molar refractivity (Wildman–Crippen MR) is 235 cm³/mol. The van der Waals surface area contributed by atoms with E-state index in [2.05, 4.69) is 37.7 Å². The molecule has 4 atom stereocenters. The summed E-state index contributed by atoms with van der Waals surface area (Å²) < 4.78 is 196. The van der Waals surface area contributed by atoms with Gasteiger partial charge < -0.3 is 25.4 Å². The van der Waals surface area contributed by atoms with Crippen molar-refractivity contribution in [2.75, 3.05) is 30.3 Å². The molecule has 0 radical (unpaired) electrons. The number of amides is 2. The number of benzene rings is 2. The van der Waals surface area contributed by atoms with E-state index in [1.54, 1.807) is 0 Å². The zero-order chi connectivity index (χ0) is 53.2. The number of fused-ring (bicyclic) bond motifs is 4. The van der Waals surface area contributed by atoms with Gasteiger partial charge in [0.1, 0.15) is 47.4 Å². The van der Waals surface area contributed by atoms with Gasteiger partial charge in [-0.25, -0.2) is 22.2 Å². The van der Waals surface area contributed by atoms with Gasteiger partial charge in [-0.1, -0.05) is 23.6 Å². The lowest BCUT2D eigenvalue weighted by atomic mass is 9.93. The standard InChI is InChI=1S/C43H39ClF10N8O8S2/c1-40(2,72(3,69)70)9-8-23-4-5-25(26-6-7-29(44)34-36(26)61(19-41(47,48)49)59-39(34)62(71(67)68)16-32(66)55-24(17-63)18-64)35(56-23)30(12-20-10-21(45)13-22(46)11-20)57-31(65)15-60-38-33(37(58-60)43(52,53)54)27-14-28(27)42(38,50)51/h4-7,10-11,13,24,27-28,30,63-64H,12,14-19H2,1-3H3,(H,55,66)(H,57,65)(H,67,68)/p-1/t27-,28+,30?/m0/s1. The van der Waals surface area contributed by atoms with E-state index in [0.717, 1.165) is 42.7 Å². The van der Waals surface area contributed by atoms with Crippen molar-refractivity contribution in [2.24, 2.45) is 5.92 Å². The first-order valence-electron chi connectivity index (χ1n) is 21.0. The molecule has 2 amide bonds. The van der Waals surface area contributed by atoms with Crippen LogP contribution in [0.3, 0.4) is 0 Å². The highest BCUT2D eigenvalue weighted by molar-refractivity contribution is 7.92. The van der Waals surface area contributed by atoms with Crippen LogP contribution in [0, 0.1) is 29.4 Å². The van der Waals surface area contributed by atoms with E-state index in [0.29, 0.717) is 6.07 Å². The van der Waals surface area contributed by atoms with Gasteiger partial charge in [0.15, 0.2) is 21.3 Å². The maximum absolute atomic E-state index is 15.6. The van der Waals surface area contributed by atoms with Gasteiger partial charge in [-0.15, -0.1) is 0 Å². The molecule has 0 saturated heterocycles. The molecule has 3 heterocycles. The Morgan fingerprint density at radius 2 is 1.62 bits per heavy atom. The maximum atomic E-state index is 15.6. The van der Waals surface area contributed by atoms with Crippen molar-refractivity contribution >= 4 is 61.2 Å². The summed E-state index contributed by atoms with van der Waals surface area (Å²) in [5.74, 6) is -7.18. The van der Waals surface area contributed by atoms with E-state index in [4.69, 9.17) is 11.6 Å². The van der Waals surface area contributed by atoms with Gasteiger partial charge in [0.05, 0.1) is 46.9 Å². The number of hydrogen-bond acceptors (Lipinski definition) is 11. The summed E-state index contributed by atoms with van der Waals surface area (Å²) in [7, 11) is -3.91. The van der Waals surface area contributed by atoms with Gasteiger partial charge in [0.25, 0.3) is 5.92 Å². The molecule has 7 rings (SSSR count). The average molecular weight is 1080 g/mol. The number of aliphatic hydroxyl groups excluding tert-OH is 2. The second kappa shape index (κ2) is 19.5. The summed E-state index contributed by atoms with van der Waals surface area (Å²) in [6.07, 6.45) is -10.5. The van der Waals surface area contributed by atoms with Crippen LogP contribution in [0.15, 0.2) is 42.5 Å². The molecular weight excluding hydrogens is 1050 g/mol. The average Bonchev–Trinajstić information content (AvgIpc) is 3.77. The van der Waals surface area contributed by atoms with Crippen LogP contribution in [0.1, 0.15) is 66.1 Å². The third-order valence-corrected chi connectivity index (χ3v) is 14.7. The number of rotatable bonds is 16. The minimum absolute atomic E-state index is 0.182. The molecule has 5 aromatic rings. The van der Waals surface area contributed by atoms with Crippen LogP contribution < -0.4 is 14.9 Å². The van der Waals surface area contributed by atoms with Gasteiger partial charge >= 0.3 is 12.4 Å². The highest BCUT2D eigenvalue weighted by Gasteiger charge is 2.68. The Bertz CT molecular complexity index is 3170. The monoisotopic (exact) mass is 1080 g/mol. The van der Waals surface area contributed by atoms with Crippen LogP contribution in [0.4, 0.5) is 49.7 Å². The van der Waals surface area contributed by atoms with Crippen LogP contribution in [-0.2, 0) is 62.3 Å². The molecule has 1 fully saturated rings. The molecule has 0 spiro atoms. The van der Waals surface area contributed by atoms with E-state index >= 15 is 8.78 Å². The second-order valence-corrected chi connectivity index (χ2v) is 21.2. The van der Waals surface area contributed by atoms with Crippen LogP contribution in [0.25, 0.3) is 22.0 Å². The number of alkyl halides is 8. The topological polar surface area (TPSA) is 225 Å². The Morgan fingerprint density at radius 1 is 0.986 bits per heavy atom. The zero-order valence-electron chi connectivity index (χ0n) is 37.3. The second-order valence-electron chi connectivity index (χ2n) is 17.4. The number of carbonyl (C=O) groups is 2. The number of halogens is 11. The van der Waals surface area contributed by atoms with E-state index in [1.165, 1.54) is 13.8 Å². The fourth-order valence-corrected chi connectivity index (χ4v) is 9.15. The summed E-state index contributed by atoms with van der Waals surface area (Å²) in [6, 6.07) is 3.40. The molecule has 3 aromatic heterocycles. The van der Waals surface area contributed by atoms with Gasteiger partial charge in [-0.05, 0) is 74.4 Å². The summed E-state index contributed by atoms with van der Waals surface area (Å²) in [6.45, 7) is -3.65. The number of anilines is 1. The van der Waals surface area contributed by atoms with E-state index in [9.17, 15) is 72.1 Å². The predicted octanol–water partition coefficient (Wildman–Crippen LogP) is 5.36. The summed E-state index contributed by atoms with van der Waals surface area (Å²) in [4.78, 5) is 31.6. The van der Waals surface area contributed by atoms with Crippen molar-refractivity contribution in [3.63, 3.8) is 0 Å². The first-order chi connectivity index (χ1) is 33.3. The third-order valence-electron chi connectivity index (χ3n) is 11.8. The highest BCUT2D eigenvalue weighted by atomic mass is 35.5. The lowest BCUT2D eigenvalue weighted by molar-refractivity contribution is -0.143.